The highest BCUT2D eigenvalue weighted by atomic mass is 32.2. The summed E-state index contributed by atoms with van der Waals surface area (Å²) in [6.07, 6.45) is 9.08. The molecule has 0 amide bonds. The van der Waals surface area contributed by atoms with E-state index in [0.717, 1.165) is 59.9 Å². The molecule has 0 spiro atoms. The van der Waals surface area contributed by atoms with Crippen LogP contribution in [0.25, 0.3) is 50.4 Å². The molecule has 0 fully saturated rings. The molecule has 282 valence electrons. The minimum absolute atomic E-state index is 0.171. The number of hydrogen-bond donors (Lipinski definition) is 2. The second-order valence-corrected chi connectivity index (χ2v) is 17.7. The van der Waals surface area contributed by atoms with E-state index < -0.39 is 26.0 Å². The van der Waals surface area contributed by atoms with Gasteiger partial charge in [-0.2, -0.15) is 21.4 Å². The molecule has 8 rings (SSSR count). The third-order valence-electron chi connectivity index (χ3n) is 9.78. The number of aryl methyl sites for hydroxylation is 1. The number of para-hydroxylation sites is 2. The molecule has 0 atom stereocenters. The molecule has 0 saturated heterocycles. The maximum absolute atomic E-state index is 11.7. The normalized spacial score (nSPS) is 14.6. The molecular weight excluding hydrogens is 757 g/mol. The number of fused-ring (bicyclic) bond motifs is 4. The van der Waals surface area contributed by atoms with Crippen LogP contribution in [0.3, 0.4) is 0 Å². The average Bonchev–Trinajstić information content (AvgIpc) is 3.93. The Morgan fingerprint density at radius 1 is 0.782 bits per heavy atom. The SMILES string of the molecule is CCC(/C=C1\Sc2ccc(-n3ccc4ccccc43)cc2N1CCCS(=O)(=O)O)=C\c1oc2ccc(-n3ccc4ccccc43)cc2[n+]1CCCS(=O)(=O)O. The predicted molar refractivity (Wildman–Crippen MR) is 218 cm³/mol. The highest BCUT2D eigenvalue weighted by Gasteiger charge is 2.28. The summed E-state index contributed by atoms with van der Waals surface area (Å²) in [5, 5.41) is 3.12. The fraction of sp³-hybridized carbons (Fsp3) is 0.195. The minimum atomic E-state index is -4.17. The van der Waals surface area contributed by atoms with Crippen LogP contribution in [0, 0.1) is 0 Å². The first-order valence-corrected chi connectivity index (χ1v) is 22.0. The molecule has 4 aromatic carbocycles. The predicted octanol–water partition coefficient (Wildman–Crippen LogP) is 8.41. The summed E-state index contributed by atoms with van der Waals surface area (Å²) in [6, 6.07) is 32.5. The number of oxazole rings is 1. The van der Waals surface area contributed by atoms with Crippen LogP contribution in [0.1, 0.15) is 32.1 Å². The zero-order chi connectivity index (χ0) is 38.3. The lowest BCUT2D eigenvalue weighted by molar-refractivity contribution is -0.677. The van der Waals surface area contributed by atoms with Gasteiger partial charge in [0.25, 0.3) is 25.8 Å². The summed E-state index contributed by atoms with van der Waals surface area (Å²) < 4.78 is 78.5. The second kappa shape index (κ2) is 14.8. The quantitative estimate of drug-likeness (QED) is 0.0870. The van der Waals surface area contributed by atoms with Crippen molar-refractivity contribution in [1.29, 1.82) is 0 Å². The van der Waals surface area contributed by atoms with Crippen molar-refractivity contribution >= 4 is 76.7 Å². The molecule has 4 heterocycles. The van der Waals surface area contributed by atoms with Crippen LogP contribution >= 0.6 is 11.8 Å². The van der Waals surface area contributed by atoms with Gasteiger partial charge in [-0.15, -0.1) is 0 Å². The topological polar surface area (TPSA) is 139 Å². The van der Waals surface area contributed by atoms with E-state index in [1.54, 1.807) is 11.8 Å². The standard InChI is InChI=1S/C41H38N4O7S3/c1-2-29(25-40-44(19-7-23-54(46,47)48)36-27-32(13-15-38(36)52-40)42-21-17-30-9-3-5-11-34(30)42)26-41-45(20-8-24-55(49,50)51)37-28-33(14-16-39(37)53-41)43-22-18-31-10-4-6-12-35(31)43/h3-6,9-18,21-22,25-28H,2,7-8,19-20,23-24H2,1H3,(H-,46,47,48,49,50,51)/p+1. The summed E-state index contributed by atoms with van der Waals surface area (Å²) in [5.41, 5.74) is 7.27. The van der Waals surface area contributed by atoms with E-state index in [1.165, 1.54) is 0 Å². The first kappa shape index (κ1) is 36.8. The van der Waals surface area contributed by atoms with Crippen LogP contribution in [0.4, 0.5) is 5.69 Å². The Morgan fingerprint density at radius 2 is 1.40 bits per heavy atom. The van der Waals surface area contributed by atoms with E-state index >= 15 is 0 Å². The second-order valence-electron chi connectivity index (χ2n) is 13.5. The summed E-state index contributed by atoms with van der Waals surface area (Å²) in [7, 11) is -8.32. The van der Waals surface area contributed by atoms with Crippen molar-refractivity contribution in [3.8, 4) is 11.4 Å². The third-order valence-corrected chi connectivity index (χ3v) is 12.5. The molecule has 0 unspecified atom stereocenters. The van der Waals surface area contributed by atoms with E-state index in [4.69, 9.17) is 4.42 Å². The maximum atomic E-state index is 11.7. The average molecular weight is 796 g/mol. The third kappa shape index (κ3) is 7.86. The van der Waals surface area contributed by atoms with E-state index in [2.05, 4.69) is 74.7 Å². The van der Waals surface area contributed by atoms with Gasteiger partial charge in [-0.25, -0.2) is 0 Å². The van der Waals surface area contributed by atoms with E-state index in [-0.39, 0.29) is 25.1 Å². The van der Waals surface area contributed by atoms with Crippen molar-refractivity contribution in [2.75, 3.05) is 23.0 Å². The Bertz CT molecular complexity index is 2870. The van der Waals surface area contributed by atoms with Gasteiger partial charge < -0.3 is 18.5 Å². The summed E-state index contributed by atoms with van der Waals surface area (Å²) >= 11 is 1.58. The van der Waals surface area contributed by atoms with Gasteiger partial charge in [-0.05, 0) is 89.9 Å². The molecule has 11 nitrogen and oxygen atoms in total. The number of thioether (sulfide) groups is 1. The van der Waals surface area contributed by atoms with E-state index in [0.29, 0.717) is 24.4 Å². The van der Waals surface area contributed by atoms with E-state index in [1.807, 2.05) is 72.4 Å². The van der Waals surface area contributed by atoms with Crippen molar-refractivity contribution in [3.05, 3.63) is 132 Å². The van der Waals surface area contributed by atoms with Crippen LogP contribution in [0.15, 0.2) is 135 Å². The molecule has 1 aliphatic rings. The van der Waals surface area contributed by atoms with Crippen LogP contribution in [0.5, 0.6) is 0 Å². The summed E-state index contributed by atoms with van der Waals surface area (Å²) in [4.78, 5) is 3.11. The zero-order valence-corrected chi connectivity index (χ0v) is 32.4. The molecule has 55 heavy (non-hydrogen) atoms. The van der Waals surface area contributed by atoms with E-state index in [9.17, 15) is 25.9 Å². The molecule has 0 saturated carbocycles. The van der Waals surface area contributed by atoms with Gasteiger partial charge >= 0.3 is 5.89 Å². The van der Waals surface area contributed by atoms with Gasteiger partial charge in [-0.1, -0.05) is 55.1 Å². The molecule has 3 aromatic heterocycles. The van der Waals surface area contributed by atoms with Gasteiger partial charge in [0.05, 0.1) is 45.0 Å². The number of rotatable bonds is 13. The Morgan fingerprint density at radius 3 is 2.05 bits per heavy atom. The first-order chi connectivity index (χ1) is 26.4. The molecule has 0 radical (unpaired) electrons. The molecule has 14 heteroatoms. The minimum Gasteiger partial charge on any atom is -0.398 e. The van der Waals surface area contributed by atoms with Crippen molar-refractivity contribution in [1.82, 2.24) is 9.13 Å². The largest absolute Gasteiger partial charge is 0.398 e. The van der Waals surface area contributed by atoms with Crippen LogP contribution in [-0.2, 0) is 26.8 Å². The molecular formula is C41H39N4O7S3+. The highest BCUT2D eigenvalue weighted by molar-refractivity contribution is 8.03. The highest BCUT2D eigenvalue weighted by Crippen LogP contribution is 2.47. The number of nitrogens with zero attached hydrogens (tertiary/aromatic N) is 4. The lowest BCUT2D eigenvalue weighted by Crippen LogP contribution is -2.36. The monoisotopic (exact) mass is 795 g/mol. The lowest BCUT2D eigenvalue weighted by Gasteiger charge is -2.21. The fourth-order valence-corrected chi connectivity index (χ4v) is 9.28. The van der Waals surface area contributed by atoms with Gasteiger partial charge in [0.1, 0.15) is 0 Å². The number of anilines is 1. The van der Waals surface area contributed by atoms with Crippen LogP contribution in [-0.4, -0.2) is 53.1 Å². The molecule has 2 N–H and O–H groups in total. The van der Waals surface area contributed by atoms with Gasteiger partial charge in [0.2, 0.25) is 5.58 Å². The maximum Gasteiger partial charge on any atom is 0.374 e. The van der Waals surface area contributed by atoms with Gasteiger partial charge in [0, 0.05) is 42.0 Å². The Labute approximate surface area is 323 Å². The van der Waals surface area contributed by atoms with Crippen molar-refractivity contribution in [3.63, 3.8) is 0 Å². The number of benzene rings is 4. The lowest BCUT2D eigenvalue weighted by atomic mass is 10.1. The van der Waals surface area contributed by atoms with Gasteiger partial charge in [0.15, 0.2) is 6.54 Å². The molecule has 0 aliphatic carbocycles. The Kier molecular flexibility index (Phi) is 9.94. The van der Waals surface area contributed by atoms with Crippen LogP contribution < -0.4 is 9.47 Å². The Balaban J connectivity index is 1.18. The first-order valence-electron chi connectivity index (χ1n) is 18.0. The number of aromatic nitrogens is 3. The Hall–Kier alpha value is -5.12. The number of allylic oxidation sites excluding steroid dienone is 2. The summed E-state index contributed by atoms with van der Waals surface area (Å²) in [5.74, 6) is -0.233. The molecule has 0 bridgehead atoms. The smallest absolute Gasteiger partial charge is 0.374 e. The number of hydrogen-bond acceptors (Lipinski definition) is 7. The van der Waals surface area contributed by atoms with Crippen molar-refractivity contribution in [2.45, 2.75) is 37.6 Å². The van der Waals surface area contributed by atoms with Crippen molar-refractivity contribution in [2.24, 2.45) is 0 Å². The fourth-order valence-electron chi connectivity index (χ4n) is 7.14. The van der Waals surface area contributed by atoms with Crippen molar-refractivity contribution < 1.29 is 34.9 Å². The van der Waals surface area contributed by atoms with Crippen LogP contribution in [0.2, 0.25) is 0 Å². The molecule has 7 aromatic rings. The summed E-state index contributed by atoms with van der Waals surface area (Å²) in [6.45, 7) is 2.67. The molecule has 1 aliphatic heterocycles. The van der Waals surface area contributed by atoms with Gasteiger partial charge in [-0.3, -0.25) is 9.11 Å². The zero-order valence-electron chi connectivity index (χ0n) is 29.9.